The SMILES string of the molecule is COc1cccc(NC(=O)N2CC(n3ccnn3)C2)c1. The lowest BCUT2D eigenvalue weighted by molar-refractivity contribution is 0.127. The van der Waals surface area contributed by atoms with Crippen molar-refractivity contribution in [3.05, 3.63) is 36.7 Å². The number of hydrogen-bond donors (Lipinski definition) is 1. The highest BCUT2D eigenvalue weighted by Gasteiger charge is 2.32. The van der Waals surface area contributed by atoms with Crippen LogP contribution in [0.2, 0.25) is 0 Å². The summed E-state index contributed by atoms with van der Waals surface area (Å²) in [6.07, 6.45) is 3.45. The fourth-order valence-electron chi connectivity index (χ4n) is 2.10. The first-order valence-electron chi connectivity index (χ1n) is 6.32. The highest BCUT2D eigenvalue weighted by Crippen LogP contribution is 2.22. The second-order valence-electron chi connectivity index (χ2n) is 4.60. The van der Waals surface area contributed by atoms with Gasteiger partial charge in [-0.1, -0.05) is 11.3 Å². The third kappa shape index (κ3) is 2.42. The van der Waals surface area contributed by atoms with Gasteiger partial charge in [-0.15, -0.1) is 5.10 Å². The Kier molecular flexibility index (Phi) is 3.24. The molecule has 2 heterocycles. The normalized spacial score (nSPS) is 14.8. The van der Waals surface area contributed by atoms with Crippen molar-refractivity contribution < 1.29 is 9.53 Å². The smallest absolute Gasteiger partial charge is 0.321 e. The first-order chi connectivity index (χ1) is 9.76. The summed E-state index contributed by atoms with van der Waals surface area (Å²) >= 11 is 0. The van der Waals surface area contributed by atoms with E-state index >= 15 is 0 Å². The van der Waals surface area contributed by atoms with Gasteiger partial charge in [0, 0.05) is 31.0 Å². The molecule has 1 saturated heterocycles. The van der Waals surface area contributed by atoms with Crippen LogP contribution < -0.4 is 10.1 Å². The number of urea groups is 1. The predicted molar refractivity (Wildman–Crippen MR) is 72.6 cm³/mol. The van der Waals surface area contributed by atoms with E-state index in [9.17, 15) is 4.79 Å². The third-order valence-corrected chi connectivity index (χ3v) is 3.29. The van der Waals surface area contributed by atoms with Crippen molar-refractivity contribution in [2.75, 3.05) is 25.5 Å². The molecule has 1 fully saturated rings. The topological polar surface area (TPSA) is 72.3 Å². The van der Waals surface area contributed by atoms with Crippen LogP contribution in [0, 0.1) is 0 Å². The average Bonchev–Trinajstić information content (AvgIpc) is 2.91. The minimum Gasteiger partial charge on any atom is -0.497 e. The van der Waals surface area contributed by atoms with Crippen LogP contribution in [0.4, 0.5) is 10.5 Å². The molecule has 0 atom stereocenters. The van der Waals surface area contributed by atoms with E-state index in [1.807, 2.05) is 24.4 Å². The minimum absolute atomic E-state index is 0.116. The first kappa shape index (κ1) is 12.5. The molecule has 3 rings (SSSR count). The molecular weight excluding hydrogens is 258 g/mol. The van der Waals surface area contributed by atoms with Crippen LogP contribution in [0.5, 0.6) is 5.75 Å². The largest absolute Gasteiger partial charge is 0.497 e. The molecule has 7 heteroatoms. The molecular formula is C13H15N5O2. The van der Waals surface area contributed by atoms with E-state index in [1.54, 1.807) is 29.0 Å². The van der Waals surface area contributed by atoms with Crippen molar-refractivity contribution in [1.82, 2.24) is 19.9 Å². The van der Waals surface area contributed by atoms with Crippen LogP contribution in [-0.4, -0.2) is 46.1 Å². The predicted octanol–water partition coefficient (Wildman–Crippen LogP) is 1.38. The number of benzene rings is 1. The highest BCUT2D eigenvalue weighted by atomic mass is 16.5. The Morgan fingerprint density at radius 2 is 2.30 bits per heavy atom. The quantitative estimate of drug-likeness (QED) is 0.917. The van der Waals surface area contributed by atoms with Crippen molar-refractivity contribution >= 4 is 11.7 Å². The third-order valence-electron chi connectivity index (χ3n) is 3.29. The number of nitrogens with one attached hydrogen (secondary N) is 1. The van der Waals surface area contributed by atoms with Crippen LogP contribution >= 0.6 is 0 Å². The van der Waals surface area contributed by atoms with Crippen molar-refractivity contribution in [1.29, 1.82) is 0 Å². The van der Waals surface area contributed by atoms with Gasteiger partial charge in [-0.05, 0) is 12.1 Å². The maximum absolute atomic E-state index is 12.0. The monoisotopic (exact) mass is 273 g/mol. The van der Waals surface area contributed by atoms with E-state index < -0.39 is 0 Å². The summed E-state index contributed by atoms with van der Waals surface area (Å²) in [5.41, 5.74) is 0.721. The van der Waals surface area contributed by atoms with Crippen LogP contribution in [-0.2, 0) is 0 Å². The number of nitrogens with zero attached hydrogens (tertiary/aromatic N) is 4. The number of carbonyl (C=O) groups is 1. The number of methoxy groups -OCH3 is 1. The van der Waals surface area contributed by atoms with Crippen LogP contribution in [0.3, 0.4) is 0 Å². The fraction of sp³-hybridized carbons (Fsp3) is 0.308. The lowest BCUT2D eigenvalue weighted by Crippen LogP contribution is -2.52. The molecule has 0 aliphatic carbocycles. The second-order valence-corrected chi connectivity index (χ2v) is 4.60. The van der Waals surface area contributed by atoms with Crippen LogP contribution in [0.15, 0.2) is 36.7 Å². The van der Waals surface area contributed by atoms with Gasteiger partial charge in [-0.3, -0.25) is 0 Å². The first-order valence-corrected chi connectivity index (χ1v) is 6.32. The highest BCUT2D eigenvalue weighted by molar-refractivity contribution is 5.90. The van der Waals surface area contributed by atoms with Gasteiger partial charge in [0.15, 0.2) is 0 Å². The van der Waals surface area contributed by atoms with E-state index in [1.165, 1.54) is 0 Å². The van der Waals surface area contributed by atoms with Gasteiger partial charge in [0.25, 0.3) is 0 Å². The molecule has 2 amide bonds. The average molecular weight is 273 g/mol. The lowest BCUT2D eigenvalue weighted by Gasteiger charge is -2.38. The number of likely N-dealkylation sites (tertiary alicyclic amines) is 1. The Morgan fingerprint density at radius 1 is 1.45 bits per heavy atom. The van der Waals surface area contributed by atoms with Gasteiger partial charge in [-0.25, -0.2) is 9.48 Å². The van der Waals surface area contributed by atoms with Crippen molar-refractivity contribution in [2.45, 2.75) is 6.04 Å². The Balaban J connectivity index is 1.56. The zero-order valence-electron chi connectivity index (χ0n) is 11.1. The Morgan fingerprint density at radius 3 is 3.00 bits per heavy atom. The van der Waals surface area contributed by atoms with Crippen LogP contribution in [0.25, 0.3) is 0 Å². The Labute approximate surface area is 116 Å². The maximum Gasteiger partial charge on any atom is 0.321 e. The van der Waals surface area contributed by atoms with E-state index in [0.29, 0.717) is 18.8 Å². The molecule has 0 spiro atoms. The molecule has 0 bridgehead atoms. The minimum atomic E-state index is -0.116. The summed E-state index contributed by atoms with van der Waals surface area (Å²) in [5.74, 6) is 0.715. The molecule has 7 nitrogen and oxygen atoms in total. The Hall–Kier alpha value is -2.57. The second kappa shape index (κ2) is 5.20. The van der Waals surface area contributed by atoms with E-state index in [4.69, 9.17) is 4.74 Å². The molecule has 1 aliphatic rings. The van der Waals surface area contributed by atoms with E-state index in [-0.39, 0.29) is 12.1 Å². The molecule has 1 N–H and O–H groups in total. The summed E-state index contributed by atoms with van der Waals surface area (Å²) in [4.78, 5) is 13.8. The van der Waals surface area contributed by atoms with Crippen molar-refractivity contribution in [3.63, 3.8) is 0 Å². The molecule has 1 aliphatic heterocycles. The molecule has 0 saturated carbocycles. The van der Waals surface area contributed by atoms with Gasteiger partial charge in [0.1, 0.15) is 5.75 Å². The van der Waals surface area contributed by atoms with E-state index in [0.717, 1.165) is 5.69 Å². The van der Waals surface area contributed by atoms with Gasteiger partial charge < -0.3 is 15.0 Å². The number of amides is 2. The summed E-state index contributed by atoms with van der Waals surface area (Å²) in [7, 11) is 1.60. The number of aromatic nitrogens is 3. The van der Waals surface area contributed by atoms with Gasteiger partial charge in [-0.2, -0.15) is 0 Å². The number of rotatable bonds is 3. The standard InChI is InChI=1S/C13H15N5O2/c1-20-12-4-2-3-10(7-12)15-13(19)17-8-11(9-17)18-6-5-14-16-18/h2-7,11H,8-9H2,1H3,(H,15,19). The van der Waals surface area contributed by atoms with Crippen molar-refractivity contribution in [3.8, 4) is 5.75 Å². The molecule has 0 unspecified atom stereocenters. The summed E-state index contributed by atoms with van der Waals surface area (Å²) < 4.78 is 6.89. The summed E-state index contributed by atoms with van der Waals surface area (Å²) in [5, 5.41) is 10.5. The Bertz CT molecular complexity index is 593. The molecule has 2 aromatic rings. The zero-order chi connectivity index (χ0) is 13.9. The number of ether oxygens (including phenoxy) is 1. The molecule has 20 heavy (non-hydrogen) atoms. The number of carbonyl (C=O) groups excluding carboxylic acids is 1. The van der Waals surface area contributed by atoms with Gasteiger partial charge >= 0.3 is 6.03 Å². The van der Waals surface area contributed by atoms with E-state index in [2.05, 4.69) is 15.6 Å². The van der Waals surface area contributed by atoms with Crippen LogP contribution in [0.1, 0.15) is 6.04 Å². The number of anilines is 1. The van der Waals surface area contributed by atoms with Gasteiger partial charge in [0.2, 0.25) is 0 Å². The molecule has 104 valence electrons. The lowest BCUT2D eigenvalue weighted by atomic mass is 10.1. The summed E-state index contributed by atoms with van der Waals surface area (Å²) in [6.45, 7) is 1.28. The van der Waals surface area contributed by atoms with Gasteiger partial charge in [0.05, 0.1) is 19.3 Å². The molecule has 1 aromatic carbocycles. The fourth-order valence-corrected chi connectivity index (χ4v) is 2.10. The summed E-state index contributed by atoms with van der Waals surface area (Å²) in [6, 6.07) is 7.38. The zero-order valence-corrected chi connectivity index (χ0v) is 11.1. The number of hydrogen-bond acceptors (Lipinski definition) is 4. The molecule has 0 radical (unpaired) electrons. The maximum atomic E-state index is 12.0. The molecule has 1 aromatic heterocycles. The van der Waals surface area contributed by atoms with Crippen molar-refractivity contribution in [2.24, 2.45) is 0 Å².